The van der Waals surface area contributed by atoms with Gasteiger partial charge in [-0.15, -0.1) is 0 Å². The Kier molecular flexibility index (Phi) is 8.71. The van der Waals surface area contributed by atoms with E-state index < -0.39 is 0 Å². The maximum atomic E-state index is 2.45. The second-order valence-electron chi connectivity index (χ2n) is 17.5. The summed E-state index contributed by atoms with van der Waals surface area (Å²) in [5, 5.41) is 10.3. The molecule has 1 aliphatic rings. The second kappa shape index (κ2) is 14.8. The monoisotopic (exact) mass is 793 g/mol. The van der Waals surface area contributed by atoms with Crippen molar-refractivity contribution in [2.75, 3.05) is 0 Å². The van der Waals surface area contributed by atoms with Gasteiger partial charge in [-0.05, 0) is 150 Å². The van der Waals surface area contributed by atoms with Crippen LogP contribution >= 0.6 is 0 Å². The summed E-state index contributed by atoms with van der Waals surface area (Å²) in [6, 6.07) is 75.5. The summed E-state index contributed by atoms with van der Waals surface area (Å²) in [6.07, 6.45) is 3.35. The summed E-state index contributed by atoms with van der Waals surface area (Å²) < 4.78 is 2.45. The molecule has 0 amide bonds. The molecule has 10 aromatic carbocycles. The van der Waals surface area contributed by atoms with E-state index in [-0.39, 0.29) is 0 Å². The number of benzene rings is 10. The van der Waals surface area contributed by atoms with Crippen molar-refractivity contribution in [2.24, 2.45) is 0 Å². The Balaban J connectivity index is 0.917. The molecule has 0 bridgehead atoms. The van der Waals surface area contributed by atoms with Crippen LogP contribution in [0.2, 0.25) is 0 Å². The van der Waals surface area contributed by atoms with Gasteiger partial charge in [-0.1, -0.05) is 178 Å². The third-order valence-electron chi connectivity index (χ3n) is 14.2. The predicted octanol–water partition coefficient (Wildman–Crippen LogP) is 16.8. The molecular formula is C61H47N. The maximum Gasteiger partial charge on any atom is 0.0541 e. The molecule has 1 nitrogen and oxygen atoms in total. The maximum absolute atomic E-state index is 2.45. The van der Waals surface area contributed by atoms with E-state index in [4.69, 9.17) is 0 Å². The van der Waals surface area contributed by atoms with Crippen molar-refractivity contribution in [3.05, 3.63) is 222 Å². The molecule has 11 aromatic rings. The number of fused-ring (bicyclic) bond motifs is 12. The van der Waals surface area contributed by atoms with Crippen molar-refractivity contribution < 1.29 is 0 Å². The van der Waals surface area contributed by atoms with Gasteiger partial charge in [0.05, 0.1) is 11.0 Å². The molecule has 62 heavy (non-hydrogen) atoms. The van der Waals surface area contributed by atoms with Gasteiger partial charge in [0.2, 0.25) is 0 Å². The van der Waals surface area contributed by atoms with Crippen molar-refractivity contribution in [3.63, 3.8) is 0 Å². The Labute approximate surface area is 363 Å². The molecule has 2 atom stereocenters. The first-order valence-electron chi connectivity index (χ1n) is 22.4. The summed E-state index contributed by atoms with van der Waals surface area (Å²) >= 11 is 0. The smallest absolute Gasteiger partial charge is 0.0541 e. The largest absolute Gasteiger partial charge is 0.309 e. The molecule has 0 saturated heterocycles. The van der Waals surface area contributed by atoms with Crippen molar-refractivity contribution in [3.8, 4) is 39.1 Å². The lowest BCUT2D eigenvalue weighted by Crippen LogP contribution is -2.03. The molecule has 1 aliphatic carbocycles. The van der Waals surface area contributed by atoms with Crippen molar-refractivity contribution in [1.82, 2.24) is 4.57 Å². The Morgan fingerprint density at radius 1 is 0.452 bits per heavy atom. The van der Waals surface area contributed by atoms with Crippen LogP contribution < -0.4 is 0 Å². The molecule has 0 fully saturated rings. The van der Waals surface area contributed by atoms with Crippen LogP contribution in [0.25, 0.3) is 93.2 Å². The molecule has 2 unspecified atom stereocenters. The summed E-state index contributed by atoms with van der Waals surface area (Å²) in [6.45, 7) is 4.60. The van der Waals surface area contributed by atoms with Crippen LogP contribution in [0.1, 0.15) is 60.8 Å². The highest BCUT2D eigenvalue weighted by molar-refractivity contribution is 6.25. The summed E-state index contributed by atoms with van der Waals surface area (Å²) in [4.78, 5) is 0. The predicted molar refractivity (Wildman–Crippen MR) is 265 cm³/mol. The molecule has 0 N–H and O–H groups in total. The third kappa shape index (κ3) is 5.91. The zero-order chi connectivity index (χ0) is 41.3. The average Bonchev–Trinajstić information content (AvgIpc) is 3.58. The molecule has 0 radical (unpaired) electrons. The number of hydrogen-bond donors (Lipinski definition) is 0. The second-order valence-corrected chi connectivity index (χ2v) is 17.5. The van der Waals surface area contributed by atoms with E-state index >= 15 is 0 Å². The molecule has 0 spiro atoms. The molecule has 0 saturated carbocycles. The van der Waals surface area contributed by atoms with Crippen LogP contribution in [0, 0.1) is 0 Å². The quantitative estimate of drug-likeness (QED) is 0.148. The van der Waals surface area contributed by atoms with E-state index in [2.05, 4.69) is 219 Å². The first-order valence-corrected chi connectivity index (χ1v) is 22.4. The van der Waals surface area contributed by atoms with Gasteiger partial charge < -0.3 is 4.57 Å². The fourth-order valence-corrected chi connectivity index (χ4v) is 10.7. The summed E-state index contributed by atoms with van der Waals surface area (Å²) in [7, 11) is 0. The van der Waals surface area contributed by atoms with Gasteiger partial charge in [-0.3, -0.25) is 0 Å². The summed E-state index contributed by atoms with van der Waals surface area (Å²) in [5.41, 5.74) is 17.0. The number of rotatable bonds is 6. The average molecular weight is 794 g/mol. The minimum absolute atomic E-state index is 0.363. The van der Waals surface area contributed by atoms with E-state index in [9.17, 15) is 0 Å². The minimum Gasteiger partial charge on any atom is -0.309 e. The highest BCUT2D eigenvalue weighted by Gasteiger charge is 2.25. The number of aryl methyl sites for hydroxylation is 1. The number of nitrogens with zero attached hydrogens (tertiary/aromatic N) is 1. The van der Waals surface area contributed by atoms with E-state index in [0.29, 0.717) is 11.8 Å². The minimum atomic E-state index is 0.363. The first-order chi connectivity index (χ1) is 30.6. The molecule has 12 rings (SSSR count). The van der Waals surface area contributed by atoms with E-state index in [1.165, 1.54) is 115 Å². The lowest BCUT2D eigenvalue weighted by molar-refractivity contribution is 0.716. The van der Waals surface area contributed by atoms with Crippen LogP contribution in [-0.2, 0) is 6.42 Å². The highest BCUT2D eigenvalue weighted by Crippen LogP contribution is 2.44. The van der Waals surface area contributed by atoms with Crippen LogP contribution in [0.4, 0.5) is 0 Å². The fraction of sp³-hybridized carbons (Fsp3) is 0.115. The zero-order valence-electron chi connectivity index (χ0n) is 35.3. The highest BCUT2D eigenvalue weighted by atomic mass is 15.0. The van der Waals surface area contributed by atoms with Gasteiger partial charge in [0.1, 0.15) is 0 Å². The Morgan fingerprint density at radius 2 is 1.02 bits per heavy atom. The normalized spacial score (nSPS) is 14.3. The molecule has 1 heteroatoms. The Bertz CT molecular complexity index is 3480. The Hall–Kier alpha value is -7.22. The number of aromatic nitrogens is 1. The van der Waals surface area contributed by atoms with Crippen LogP contribution in [0.15, 0.2) is 200 Å². The van der Waals surface area contributed by atoms with Gasteiger partial charge in [0.25, 0.3) is 0 Å². The van der Waals surface area contributed by atoms with Gasteiger partial charge >= 0.3 is 0 Å². The van der Waals surface area contributed by atoms with Gasteiger partial charge in [-0.2, -0.15) is 0 Å². The van der Waals surface area contributed by atoms with Crippen LogP contribution in [0.3, 0.4) is 0 Å². The standard InChI is InChI=1S/C61H47N/c1-3-39(2)40-20-26-44(27-21-40)49-32-28-43-12-4-5-13-48(43)57-36-45(29-33-54(49)57)41-22-24-42(25-23-41)46-30-35-61-59(37-46)56-18-10-11-19-60(56)62(61)47-31-34-55-52-16-7-6-14-50(52)51-15-8-9-17-53(51)58(55)38-47/h4-27,29-31,33-39,49H,3,28,32H2,1-2H3. The van der Waals surface area contributed by atoms with Gasteiger partial charge in [0, 0.05) is 22.4 Å². The number of hydrogen-bond acceptors (Lipinski definition) is 0. The molecule has 1 heterocycles. The number of para-hydroxylation sites is 1. The molecule has 296 valence electrons. The van der Waals surface area contributed by atoms with Crippen LogP contribution in [-0.4, -0.2) is 4.57 Å². The van der Waals surface area contributed by atoms with E-state index in [1.807, 2.05) is 0 Å². The van der Waals surface area contributed by atoms with Gasteiger partial charge in [-0.25, -0.2) is 0 Å². The first kappa shape index (κ1) is 36.6. The molecule has 1 aromatic heterocycles. The fourth-order valence-electron chi connectivity index (χ4n) is 10.7. The van der Waals surface area contributed by atoms with Crippen LogP contribution in [0.5, 0.6) is 0 Å². The van der Waals surface area contributed by atoms with E-state index in [1.54, 1.807) is 0 Å². The van der Waals surface area contributed by atoms with Gasteiger partial charge in [0.15, 0.2) is 0 Å². The van der Waals surface area contributed by atoms with Crippen molar-refractivity contribution in [1.29, 1.82) is 0 Å². The van der Waals surface area contributed by atoms with E-state index in [0.717, 1.165) is 19.3 Å². The SMILES string of the molecule is CCC(C)c1ccc(C2CCc3ccccc3-c3cc(-c4ccc(-c5ccc6c(c5)c5ccccc5n6-c5ccc6c7ccccc7c7ccccc7c6c5)cc4)ccc32)cc1. The summed E-state index contributed by atoms with van der Waals surface area (Å²) in [5.74, 6) is 0.945. The third-order valence-corrected chi connectivity index (χ3v) is 14.2. The Morgan fingerprint density at radius 3 is 1.73 bits per heavy atom. The topological polar surface area (TPSA) is 4.93 Å². The lowest BCUT2D eigenvalue weighted by Gasteiger charge is -2.20. The van der Waals surface area contributed by atoms with Crippen molar-refractivity contribution in [2.45, 2.75) is 44.9 Å². The molecular weight excluding hydrogens is 747 g/mol. The zero-order valence-corrected chi connectivity index (χ0v) is 35.3. The van der Waals surface area contributed by atoms with Crippen molar-refractivity contribution >= 4 is 54.1 Å². The molecule has 0 aliphatic heterocycles. The lowest BCUT2D eigenvalue weighted by atomic mass is 9.83.